The van der Waals surface area contributed by atoms with Crippen LogP contribution in [0.3, 0.4) is 0 Å². The summed E-state index contributed by atoms with van der Waals surface area (Å²) in [7, 11) is 0. The summed E-state index contributed by atoms with van der Waals surface area (Å²) < 4.78 is 5.64. The van der Waals surface area contributed by atoms with Crippen LogP contribution >= 0.6 is 11.6 Å². The van der Waals surface area contributed by atoms with E-state index in [0.717, 1.165) is 38.0 Å². The number of amides is 2. The van der Waals surface area contributed by atoms with Gasteiger partial charge in [-0.2, -0.15) is 0 Å². The van der Waals surface area contributed by atoms with Gasteiger partial charge in [0.15, 0.2) is 0 Å². The number of nitrogens with zero attached hydrogens (tertiary/aromatic N) is 3. The van der Waals surface area contributed by atoms with Crippen molar-refractivity contribution in [2.75, 3.05) is 39.3 Å². The summed E-state index contributed by atoms with van der Waals surface area (Å²) >= 11 is 6.37. The Kier molecular flexibility index (Phi) is 9.40. The summed E-state index contributed by atoms with van der Waals surface area (Å²) in [5, 5.41) is 0.497. The van der Waals surface area contributed by atoms with E-state index in [4.69, 9.17) is 16.3 Å². The maximum atomic E-state index is 13.4. The Labute approximate surface area is 242 Å². The SMILES string of the molecule is CCN(C(=O)OCc1ccccc1)C1CCN(C[C@@H]2CN(C(=O)c3ccccc3Cl)C[C@@H]2c2ccccc2)CC1. The van der Waals surface area contributed by atoms with Gasteiger partial charge in [-0.1, -0.05) is 84.4 Å². The third kappa shape index (κ3) is 6.68. The summed E-state index contributed by atoms with van der Waals surface area (Å²) in [5.74, 6) is 0.592. The van der Waals surface area contributed by atoms with Gasteiger partial charge in [0, 0.05) is 51.2 Å². The van der Waals surface area contributed by atoms with Crippen LogP contribution in [0.25, 0.3) is 0 Å². The van der Waals surface area contributed by atoms with Crippen LogP contribution in [0.4, 0.5) is 4.79 Å². The van der Waals surface area contributed by atoms with Crippen molar-refractivity contribution in [3.8, 4) is 0 Å². The molecule has 0 saturated carbocycles. The zero-order chi connectivity index (χ0) is 27.9. The molecule has 2 amide bonds. The lowest BCUT2D eigenvalue weighted by Gasteiger charge is -2.38. The van der Waals surface area contributed by atoms with Crippen molar-refractivity contribution < 1.29 is 14.3 Å². The molecule has 0 N–H and O–H groups in total. The highest BCUT2D eigenvalue weighted by Crippen LogP contribution is 2.35. The molecule has 2 aliphatic heterocycles. The van der Waals surface area contributed by atoms with E-state index in [-0.39, 0.29) is 24.0 Å². The lowest BCUT2D eigenvalue weighted by molar-refractivity contribution is 0.0602. The zero-order valence-corrected chi connectivity index (χ0v) is 23.9. The number of halogens is 1. The van der Waals surface area contributed by atoms with Gasteiger partial charge in [0.25, 0.3) is 5.91 Å². The quantitative estimate of drug-likeness (QED) is 0.324. The molecule has 2 heterocycles. The molecule has 3 aromatic carbocycles. The molecule has 7 heteroatoms. The van der Waals surface area contributed by atoms with Gasteiger partial charge in [0.1, 0.15) is 6.61 Å². The molecule has 2 saturated heterocycles. The first-order valence-electron chi connectivity index (χ1n) is 14.3. The normalized spacial score (nSPS) is 19.9. The Hall–Kier alpha value is -3.35. The third-order valence-electron chi connectivity index (χ3n) is 8.33. The van der Waals surface area contributed by atoms with Crippen LogP contribution in [0.2, 0.25) is 5.02 Å². The minimum Gasteiger partial charge on any atom is -0.445 e. The summed E-state index contributed by atoms with van der Waals surface area (Å²) in [6, 6.07) is 27.8. The molecule has 3 aromatic rings. The molecule has 0 aliphatic carbocycles. The molecule has 6 nitrogen and oxygen atoms in total. The number of likely N-dealkylation sites (tertiary alicyclic amines) is 2. The third-order valence-corrected chi connectivity index (χ3v) is 8.66. The van der Waals surface area contributed by atoms with E-state index in [1.165, 1.54) is 5.56 Å². The average Bonchev–Trinajstić information content (AvgIpc) is 3.42. The van der Waals surface area contributed by atoms with Crippen molar-refractivity contribution in [2.45, 2.75) is 38.3 Å². The van der Waals surface area contributed by atoms with Gasteiger partial charge < -0.3 is 19.4 Å². The van der Waals surface area contributed by atoms with Crippen LogP contribution in [-0.2, 0) is 11.3 Å². The van der Waals surface area contributed by atoms with E-state index < -0.39 is 0 Å². The van der Waals surface area contributed by atoms with E-state index in [2.05, 4.69) is 29.2 Å². The molecule has 2 aliphatic rings. The van der Waals surface area contributed by atoms with Crippen LogP contribution in [0.1, 0.15) is 47.2 Å². The number of benzene rings is 3. The highest BCUT2D eigenvalue weighted by molar-refractivity contribution is 6.33. The minimum absolute atomic E-state index is 0.000317. The molecule has 0 spiro atoms. The van der Waals surface area contributed by atoms with Crippen LogP contribution < -0.4 is 0 Å². The van der Waals surface area contributed by atoms with Crippen LogP contribution in [0.15, 0.2) is 84.9 Å². The van der Waals surface area contributed by atoms with Gasteiger partial charge in [-0.15, -0.1) is 0 Å². The van der Waals surface area contributed by atoms with Crippen molar-refractivity contribution in [1.29, 1.82) is 0 Å². The molecular formula is C33H38ClN3O3. The maximum Gasteiger partial charge on any atom is 0.410 e. The zero-order valence-electron chi connectivity index (χ0n) is 23.1. The first kappa shape index (κ1) is 28.2. The second-order valence-corrected chi connectivity index (χ2v) is 11.2. The summed E-state index contributed by atoms with van der Waals surface area (Å²) in [5.41, 5.74) is 2.83. The largest absolute Gasteiger partial charge is 0.445 e. The first-order valence-corrected chi connectivity index (χ1v) is 14.7. The lowest BCUT2D eigenvalue weighted by Crippen LogP contribution is -2.48. The van der Waals surface area contributed by atoms with E-state index in [0.29, 0.717) is 42.7 Å². The molecule has 5 rings (SSSR count). The Morgan fingerprint density at radius 3 is 2.23 bits per heavy atom. The molecule has 0 aromatic heterocycles. The van der Waals surface area contributed by atoms with Crippen molar-refractivity contribution in [3.05, 3.63) is 107 Å². The molecule has 0 radical (unpaired) electrons. The predicted octanol–water partition coefficient (Wildman–Crippen LogP) is 6.32. The van der Waals surface area contributed by atoms with Gasteiger partial charge in [0.2, 0.25) is 0 Å². The second-order valence-electron chi connectivity index (χ2n) is 10.8. The Bertz CT molecular complexity index is 1260. The maximum absolute atomic E-state index is 13.4. The fourth-order valence-electron chi connectivity index (χ4n) is 6.19. The molecule has 0 unspecified atom stereocenters. The van der Waals surface area contributed by atoms with Gasteiger partial charge >= 0.3 is 6.09 Å². The van der Waals surface area contributed by atoms with E-state index in [9.17, 15) is 9.59 Å². The number of carbonyl (C=O) groups is 2. The Morgan fingerprint density at radius 1 is 0.900 bits per heavy atom. The van der Waals surface area contributed by atoms with Crippen molar-refractivity contribution in [2.24, 2.45) is 5.92 Å². The summed E-state index contributed by atoms with van der Waals surface area (Å²) in [6.07, 6.45) is 1.59. The highest BCUT2D eigenvalue weighted by Gasteiger charge is 2.38. The number of hydrogen-bond acceptors (Lipinski definition) is 4. The number of hydrogen-bond donors (Lipinski definition) is 0. The van der Waals surface area contributed by atoms with Crippen molar-refractivity contribution in [3.63, 3.8) is 0 Å². The van der Waals surface area contributed by atoms with Crippen LogP contribution in [0, 0.1) is 5.92 Å². The van der Waals surface area contributed by atoms with Crippen LogP contribution in [0.5, 0.6) is 0 Å². The smallest absolute Gasteiger partial charge is 0.410 e. The molecule has 2 fully saturated rings. The molecule has 210 valence electrons. The summed E-state index contributed by atoms with van der Waals surface area (Å²) in [6.45, 7) is 7.10. The molecule has 0 bridgehead atoms. The van der Waals surface area contributed by atoms with E-state index >= 15 is 0 Å². The van der Waals surface area contributed by atoms with Crippen molar-refractivity contribution in [1.82, 2.24) is 14.7 Å². The number of piperidine rings is 1. The monoisotopic (exact) mass is 559 g/mol. The van der Waals surface area contributed by atoms with Crippen molar-refractivity contribution >= 4 is 23.6 Å². The lowest BCUT2D eigenvalue weighted by atomic mass is 9.88. The standard InChI is InChI=1S/C33H38ClN3O3/c1-2-37(33(39)40-24-25-11-5-3-6-12-25)28-17-19-35(20-18-28)21-27-22-36(23-30(27)26-13-7-4-8-14-26)32(38)29-15-9-10-16-31(29)34/h3-16,27-28,30H,2,17-24H2,1H3/t27-,30-/m1/s1. The predicted molar refractivity (Wildman–Crippen MR) is 158 cm³/mol. The first-order chi connectivity index (χ1) is 19.5. The minimum atomic E-state index is -0.238. The van der Waals surface area contributed by atoms with E-state index in [1.54, 1.807) is 6.07 Å². The molecule has 2 atom stereocenters. The highest BCUT2D eigenvalue weighted by atomic mass is 35.5. The molecular weight excluding hydrogens is 522 g/mol. The average molecular weight is 560 g/mol. The molecule has 40 heavy (non-hydrogen) atoms. The fourth-order valence-corrected chi connectivity index (χ4v) is 6.41. The van der Waals surface area contributed by atoms with Gasteiger partial charge in [-0.25, -0.2) is 4.79 Å². The summed E-state index contributed by atoms with van der Waals surface area (Å²) in [4.78, 5) is 32.7. The van der Waals surface area contributed by atoms with Crippen LogP contribution in [-0.4, -0.2) is 72.0 Å². The Balaban J connectivity index is 1.20. The topological polar surface area (TPSA) is 53.1 Å². The number of ether oxygens (including phenoxy) is 1. The number of rotatable bonds is 8. The fraction of sp³-hybridized carbons (Fsp3) is 0.394. The number of carbonyl (C=O) groups excluding carboxylic acids is 2. The van der Waals surface area contributed by atoms with Gasteiger partial charge in [-0.3, -0.25) is 4.79 Å². The second kappa shape index (κ2) is 13.3. The van der Waals surface area contributed by atoms with E-state index in [1.807, 2.05) is 71.3 Å². The van der Waals surface area contributed by atoms with Gasteiger partial charge in [-0.05, 0) is 48.9 Å². The Morgan fingerprint density at radius 2 is 1.55 bits per heavy atom. The van der Waals surface area contributed by atoms with Gasteiger partial charge in [0.05, 0.1) is 10.6 Å².